The summed E-state index contributed by atoms with van der Waals surface area (Å²) in [4.78, 5) is 0. The van der Waals surface area contributed by atoms with E-state index in [1.807, 2.05) is 0 Å². The molecular weight excluding hydrogens is 360 g/mol. The minimum atomic E-state index is -0.438. The van der Waals surface area contributed by atoms with Crippen LogP contribution in [0.4, 0.5) is 0 Å². The second kappa shape index (κ2) is 8.99. The zero-order chi connectivity index (χ0) is 20.2. The molecule has 2 aromatic rings. The molecule has 4 unspecified atom stereocenters. The number of ether oxygens (including phenoxy) is 3. The van der Waals surface area contributed by atoms with E-state index in [1.165, 1.54) is 11.1 Å². The van der Waals surface area contributed by atoms with E-state index < -0.39 is 11.2 Å². The number of unbranched alkanes of at least 4 members (excludes halogenated alkanes) is 2. The number of epoxide rings is 2. The Labute approximate surface area is 175 Å². The van der Waals surface area contributed by atoms with Crippen molar-refractivity contribution in [3.8, 4) is 0 Å². The van der Waals surface area contributed by atoms with Crippen LogP contribution in [0.5, 0.6) is 0 Å². The Hall–Kier alpha value is -1.68. The third-order valence-corrected chi connectivity index (χ3v) is 6.40. The first-order valence-corrected chi connectivity index (χ1v) is 11.3. The molecule has 3 heteroatoms. The number of rotatable bonds is 12. The van der Waals surface area contributed by atoms with Crippen LogP contribution in [-0.2, 0) is 25.4 Å². The fourth-order valence-electron chi connectivity index (χ4n) is 4.61. The average molecular weight is 395 g/mol. The molecule has 0 aliphatic carbocycles. The van der Waals surface area contributed by atoms with Crippen molar-refractivity contribution in [1.82, 2.24) is 0 Å². The van der Waals surface area contributed by atoms with Crippen LogP contribution in [0.15, 0.2) is 60.7 Å². The van der Waals surface area contributed by atoms with Gasteiger partial charge in [0.25, 0.3) is 0 Å². The molecular formula is C26H34O3. The molecule has 4 atom stereocenters. The van der Waals surface area contributed by atoms with Gasteiger partial charge in [-0.15, -0.1) is 0 Å². The molecule has 0 spiro atoms. The predicted molar refractivity (Wildman–Crippen MR) is 116 cm³/mol. The molecule has 0 radical (unpaired) electrons. The normalized spacial score (nSPS) is 24.5. The van der Waals surface area contributed by atoms with E-state index in [9.17, 15) is 0 Å². The van der Waals surface area contributed by atoms with Crippen LogP contribution in [-0.4, -0.2) is 25.4 Å². The van der Waals surface area contributed by atoms with E-state index in [0.717, 1.165) is 51.7 Å². The Bertz CT molecular complexity index is 689. The number of benzene rings is 2. The molecule has 3 nitrogen and oxygen atoms in total. The molecule has 2 saturated heterocycles. The van der Waals surface area contributed by atoms with Crippen molar-refractivity contribution in [3.05, 3.63) is 71.8 Å². The van der Waals surface area contributed by atoms with Crippen LogP contribution in [0.25, 0.3) is 0 Å². The molecule has 2 aromatic carbocycles. The van der Waals surface area contributed by atoms with Gasteiger partial charge in [0, 0.05) is 0 Å². The van der Waals surface area contributed by atoms with Gasteiger partial charge in [-0.2, -0.15) is 0 Å². The SMILES string of the molecule is CCCCC(OC(CCCC)(c1ccccc1)C1CO1)(c1ccccc1)C1CO1. The molecule has 0 aromatic heterocycles. The maximum atomic E-state index is 7.40. The summed E-state index contributed by atoms with van der Waals surface area (Å²) in [6.07, 6.45) is 6.64. The second-order valence-corrected chi connectivity index (χ2v) is 8.46. The molecule has 0 N–H and O–H groups in total. The monoisotopic (exact) mass is 394 g/mol. The lowest BCUT2D eigenvalue weighted by Gasteiger charge is -2.44. The highest BCUT2D eigenvalue weighted by Crippen LogP contribution is 2.52. The molecule has 2 aliphatic heterocycles. The van der Waals surface area contributed by atoms with Crippen molar-refractivity contribution in [2.75, 3.05) is 13.2 Å². The van der Waals surface area contributed by atoms with E-state index in [-0.39, 0.29) is 12.2 Å². The summed E-state index contributed by atoms with van der Waals surface area (Å²) in [6, 6.07) is 21.5. The van der Waals surface area contributed by atoms with Crippen molar-refractivity contribution in [2.45, 2.75) is 75.8 Å². The minimum absolute atomic E-state index is 0.111. The fourth-order valence-corrected chi connectivity index (χ4v) is 4.61. The van der Waals surface area contributed by atoms with Gasteiger partial charge >= 0.3 is 0 Å². The van der Waals surface area contributed by atoms with Crippen molar-refractivity contribution >= 4 is 0 Å². The predicted octanol–water partition coefficient (Wildman–Crippen LogP) is 5.97. The van der Waals surface area contributed by atoms with Gasteiger partial charge in [-0.3, -0.25) is 0 Å². The van der Waals surface area contributed by atoms with Crippen molar-refractivity contribution in [2.24, 2.45) is 0 Å². The van der Waals surface area contributed by atoms with Crippen LogP contribution >= 0.6 is 0 Å². The van der Waals surface area contributed by atoms with Crippen LogP contribution in [0.3, 0.4) is 0 Å². The molecule has 2 heterocycles. The van der Waals surface area contributed by atoms with Crippen molar-refractivity contribution in [1.29, 1.82) is 0 Å². The second-order valence-electron chi connectivity index (χ2n) is 8.46. The zero-order valence-corrected chi connectivity index (χ0v) is 17.8. The first-order valence-electron chi connectivity index (χ1n) is 11.3. The van der Waals surface area contributed by atoms with E-state index >= 15 is 0 Å². The summed E-state index contributed by atoms with van der Waals surface area (Å²) in [5.74, 6) is 0. The molecule has 4 rings (SSSR count). The summed E-state index contributed by atoms with van der Waals surface area (Å²) < 4.78 is 19.3. The summed E-state index contributed by atoms with van der Waals surface area (Å²) >= 11 is 0. The first kappa shape index (κ1) is 20.6. The van der Waals surface area contributed by atoms with Crippen LogP contribution in [0.2, 0.25) is 0 Å². The lowest BCUT2D eigenvalue weighted by atomic mass is 9.80. The van der Waals surface area contributed by atoms with Gasteiger partial charge in [0.05, 0.1) is 13.2 Å². The maximum Gasteiger partial charge on any atom is 0.123 e. The van der Waals surface area contributed by atoms with Crippen LogP contribution in [0.1, 0.15) is 63.5 Å². The van der Waals surface area contributed by atoms with Gasteiger partial charge in [0.1, 0.15) is 23.4 Å². The molecule has 29 heavy (non-hydrogen) atoms. The zero-order valence-electron chi connectivity index (χ0n) is 17.8. The third kappa shape index (κ3) is 4.28. The molecule has 0 amide bonds. The lowest BCUT2D eigenvalue weighted by molar-refractivity contribution is -0.197. The van der Waals surface area contributed by atoms with Gasteiger partial charge in [-0.25, -0.2) is 0 Å². The maximum absolute atomic E-state index is 7.40. The summed E-state index contributed by atoms with van der Waals surface area (Å²) in [7, 11) is 0. The topological polar surface area (TPSA) is 34.3 Å². The van der Waals surface area contributed by atoms with Gasteiger partial charge < -0.3 is 14.2 Å². The quantitative estimate of drug-likeness (QED) is 0.416. The Morgan fingerprint density at radius 1 is 0.724 bits per heavy atom. The Morgan fingerprint density at radius 2 is 1.10 bits per heavy atom. The Kier molecular flexibility index (Phi) is 6.38. The Morgan fingerprint density at radius 3 is 1.41 bits per heavy atom. The Balaban J connectivity index is 1.80. The van der Waals surface area contributed by atoms with Gasteiger partial charge in [-0.05, 0) is 24.0 Å². The van der Waals surface area contributed by atoms with Gasteiger partial charge in [0.2, 0.25) is 0 Å². The standard InChI is InChI=1S/C26H34O3/c1-3-5-17-25(23-19-27-23,21-13-9-7-10-14-21)29-26(18-6-4-2,24-20-28-24)22-15-11-8-12-16-22/h7-16,23-24H,3-6,17-20H2,1-2H3. The highest BCUT2D eigenvalue weighted by Gasteiger charge is 2.58. The highest BCUT2D eigenvalue weighted by molar-refractivity contribution is 5.30. The number of hydrogen-bond donors (Lipinski definition) is 0. The largest absolute Gasteiger partial charge is 0.370 e. The van der Waals surface area contributed by atoms with E-state index in [1.54, 1.807) is 0 Å². The molecule has 156 valence electrons. The minimum Gasteiger partial charge on any atom is -0.370 e. The molecule has 2 fully saturated rings. The summed E-state index contributed by atoms with van der Waals surface area (Å²) in [6.45, 7) is 6.02. The molecule has 0 bridgehead atoms. The molecule has 2 aliphatic rings. The third-order valence-electron chi connectivity index (χ3n) is 6.40. The van der Waals surface area contributed by atoms with Crippen LogP contribution in [0, 0.1) is 0 Å². The van der Waals surface area contributed by atoms with E-state index in [4.69, 9.17) is 14.2 Å². The summed E-state index contributed by atoms with van der Waals surface area (Å²) in [5.41, 5.74) is 1.58. The van der Waals surface area contributed by atoms with E-state index in [2.05, 4.69) is 74.5 Å². The summed E-state index contributed by atoms with van der Waals surface area (Å²) in [5, 5.41) is 0. The first-order chi connectivity index (χ1) is 14.2. The van der Waals surface area contributed by atoms with Crippen molar-refractivity contribution < 1.29 is 14.2 Å². The molecule has 0 saturated carbocycles. The van der Waals surface area contributed by atoms with E-state index in [0.29, 0.717) is 0 Å². The van der Waals surface area contributed by atoms with Crippen LogP contribution < -0.4 is 0 Å². The lowest BCUT2D eigenvalue weighted by Crippen LogP contribution is -2.48. The fraction of sp³-hybridized carbons (Fsp3) is 0.538. The highest BCUT2D eigenvalue weighted by atomic mass is 16.6. The number of hydrogen-bond acceptors (Lipinski definition) is 3. The smallest absolute Gasteiger partial charge is 0.123 e. The van der Waals surface area contributed by atoms with Crippen molar-refractivity contribution in [3.63, 3.8) is 0 Å². The van der Waals surface area contributed by atoms with Gasteiger partial charge in [-0.1, -0.05) is 100 Å². The average Bonchev–Trinajstić information content (AvgIpc) is 3.67. The van der Waals surface area contributed by atoms with Gasteiger partial charge in [0.15, 0.2) is 0 Å².